The molecule has 19 heavy (non-hydrogen) atoms. The molecule has 0 aromatic heterocycles. The number of unbranched alkanes of at least 4 members (excludes halogenated alkanes) is 8. The quantitative estimate of drug-likeness (QED) is 0.266. The van der Waals surface area contributed by atoms with Crippen molar-refractivity contribution in [3.8, 4) is 0 Å². The van der Waals surface area contributed by atoms with Gasteiger partial charge in [0.2, 0.25) is 0 Å². The molecule has 0 aromatic rings. The Hall–Kier alpha value is -0.300. The van der Waals surface area contributed by atoms with Crippen LogP contribution >= 0.6 is 0 Å². The lowest BCUT2D eigenvalue weighted by Crippen LogP contribution is -2.08. The van der Waals surface area contributed by atoms with Crippen molar-refractivity contribution in [2.45, 2.75) is 97.0 Å². The van der Waals surface area contributed by atoms with Crippen LogP contribution in [-0.2, 0) is 4.74 Å². The first-order valence-electron chi connectivity index (χ1n) is 8.52. The Morgan fingerprint density at radius 2 is 1.42 bits per heavy atom. The van der Waals surface area contributed by atoms with E-state index < -0.39 is 0 Å². The van der Waals surface area contributed by atoms with Gasteiger partial charge in [-0.25, -0.2) is 0 Å². The molecule has 0 aliphatic rings. The van der Waals surface area contributed by atoms with Crippen molar-refractivity contribution in [3.63, 3.8) is 0 Å². The second kappa shape index (κ2) is 15.8. The summed E-state index contributed by atoms with van der Waals surface area (Å²) in [6, 6.07) is 0. The first kappa shape index (κ1) is 18.7. The van der Waals surface area contributed by atoms with Gasteiger partial charge in [0.25, 0.3) is 0 Å². The molecular weight excluding hydrogens is 232 g/mol. The van der Waals surface area contributed by atoms with E-state index >= 15 is 0 Å². The maximum absolute atomic E-state index is 5.54. The fourth-order valence-electron chi connectivity index (χ4n) is 2.36. The minimum absolute atomic E-state index is 0.438. The normalized spacial score (nSPS) is 13.2. The smallest absolute Gasteiger partial charge is 0.0605 e. The van der Waals surface area contributed by atoms with Crippen molar-refractivity contribution in [1.82, 2.24) is 0 Å². The van der Waals surface area contributed by atoms with Gasteiger partial charge in [-0.05, 0) is 25.7 Å². The van der Waals surface area contributed by atoms with Gasteiger partial charge in [-0.3, -0.25) is 0 Å². The van der Waals surface area contributed by atoms with Crippen LogP contribution in [-0.4, -0.2) is 13.2 Å². The van der Waals surface area contributed by atoms with E-state index in [0.29, 0.717) is 6.10 Å². The van der Waals surface area contributed by atoms with Crippen LogP contribution in [0.4, 0.5) is 0 Å². The lowest BCUT2D eigenvalue weighted by molar-refractivity contribution is 0.0952. The average molecular weight is 268 g/mol. The molecule has 114 valence electrons. The standard InChI is InChI=1S/C18H36O/c1-4-6-8-10-11-12-13-15-17-18(19-3)16-14-9-7-5-2/h13,15,18H,4-12,14,16-17H2,1-3H3. The first-order chi connectivity index (χ1) is 9.35. The fraction of sp³-hybridized carbons (Fsp3) is 0.889. The molecule has 0 amide bonds. The number of hydrogen-bond donors (Lipinski definition) is 0. The predicted molar refractivity (Wildman–Crippen MR) is 86.7 cm³/mol. The maximum atomic E-state index is 5.54. The van der Waals surface area contributed by atoms with Crippen molar-refractivity contribution in [1.29, 1.82) is 0 Å². The first-order valence-corrected chi connectivity index (χ1v) is 8.52. The molecular formula is C18H36O. The summed E-state index contributed by atoms with van der Waals surface area (Å²) in [5.74, 6) is 0. The van der Waals surface area contributed by atoms with E-state index in [1.165, 1.54) is 70.6 Å². The lowest BCUT2D eigenvalue weighted by atomic mass is 10.1. The number of methoxy groups -OCH3 is 1. The molecule has 0 radical (unpaired) electrons. The van der Waals surface area contributed by atoms with E-state index in [2.05, 4.69) is 26.0 Å². The Balaban J connectivity index is 3.42. The van der Waals surface area contributed by atoms with E-state index in [9.17, 15) is 0 Å². The van der Waals surface area contributed by atoms with E-state index in [0.717, 1.165) is 6.42 Å². The zero-order valence-electron chi connectivity index (χ0n) is 13.6. The number of hydrogen-bond acceptors (Lipinski definition) is 1. The topological polar surface area (TPSA) is 9.23 Å². The van der Waals surface area contributed by atoms with Crippen molar-refractivity contribution < 1.29 is 4.74 Å². The summed E-state index contributed by atoms with van der Waals surface area (Å²) in [7, 11) is 1.85. The van der Waals surface area contributed by atoms with Gasteiger partial charge in [0, 0.05) is 7.11 Å². The summed E-state index contributed by atoms with van der Waals surface area (Å²) in [4.78, 5) is 0. The minimum atomic E-state index is 0.438. The molecule has 0 rings (SSSR count). The van der Waals surface area contributed by atoms with Gasteiger partial charge >= 0.3 is 0 Å². The Kier molecular flexibility index (Phi) is 15.5. The summed E-state index contributed by atoms with van der Waals surface area (Å²) in [5, 5.41) is 0. The van der Waals surface area contributed by atoms with Crippen LogP contribution in [0.25, 0.3) is 0 Å². The summed E-state index contributed by atoms with van der Waals surface area (Å²) < 4.78 is 5.54. The van der Waals surface area contributed by atoms with Crippen LogP contribution in [0.5, 0.6) is 0 Å². The molecule has 0 spiro atoms. The molecule has 0 heterocycles. The number of ether oxygens (including phenoxy) is 1. The zero-order chi connectivity index (χ0) is 14.2. The Bertz CT molecular complexity index is 186. The van der Waals surface area contributed by atoms with Gasteiger partial charge < -0.3 is 4.74 Å². The van der Waals surface area contributed by atoms with Crippen LogP contribution in [0.3, 0.4) is 0 Å². The maximum Gasteiger partial charge on any atom is 0.0605 e. The third-order valence-corrected chi connectivity index (χ3v) is 3.75. The molecule has 0 fully saturated rings. The molecule has 0 N–H and O–H groups in total. The molecule has 0 saturated heterocycles. The van der Waals surface area contributed by atoms with Gasteiger partial charge in [-0.15, -0.1) is 0 Å². The van der Waals surface area contributed by atoms with E-state index in [1.807, 2.05) is 7.11 Å². The van der Waals surface area contributed by atoms with E-state index in [-0.39, 0.29) is 0 Å². The Morgan fingerprint density at radius 1 is 0.789 bits per heavy atom. The monoisotopic (exact) mass is 268 g/mol. The van der Waals surface area contributed by atoms with Gasteiger partial charge in [0.1, 0.15) is 0 Å². The predicted octanol–water partition coefficient (Wildman–Crippen LogP) is 6.28. The molecule has 1 heteroatoms. The fourth-order valence-corrected chi connectivity index (χ4v) is 2.36. The van der Waals surface area contributed by atoms with Crippen LogP contribution in [0.1, 0.15) is 90.9 Å². The third-order valence-electron chi connectivity index (χ3n) is 3.75. The highest BCUT2D eigenvalue weighted by atomic mass is 16.5. The molecule has 1 atom stereocenters. The van der Waals surface area contributed by atoms with E-state index in [4.69, 9.17) is 4.74 Å². The van der Waals surface area contributed by atoms with Crippen LogP contribution in [0, 0.1) is 0 Å². The van der Waals surface area contributed by atoms with Crippen molar-refractivity contribution in [2.24, 2.45) is 0 Å². The Morgan fingerprint density at radius 3 is 2.05 bits per heavy atom. The summed E-state index contributed by atoms with van der Waals surface area (Å²) in [6.07, 6.45) is 20.9. The molecule has 1 nitrogen and oxygen atoms in total. The lowest BCUT2D eigenvalue weighted by Gasteiger charge is -2.12. The SMILES string of the molecule is CCCCCCCC=CCC(CCCCCC)OC. The number of allylic oxidation sites excluding steroid dienone is 1. The summed E-state index contributed by atoms with van der Waals surface area (Å²) in [5.41, 5.74) is 0. The molecule has 0 aliphatic carbocycles. The third kappa shape index (κ3) is 13.9. The summed E-state index contributed by atoms with van der Waals surface area (Å²) >= 11 is 0. The molecule has 0 saturated carbocycles. The van der Waals surface area contributed by atoms with Crippen molar-refractivity contribution in [3.05, 3.63) is 12.2 Å². The highest BCUT2D eigenvalue weighted by Crippen LogP contribution is 2.12. The highest BCUT2D eigenvalue weighted by Gasteiger charge is 2.03. The molecule has 0 aromatic carbocycles. The van der Waals surface area contributed by atoms with Gasteiger partial charge in [0.15, 0.2) is 0 Å². The molecule has 1 unspecified atom stereocenters. The average Bonchev–Trinajstić information content (AvgIpc) is 2.44. The van der Waals surface area contributed by atoms with Crippen LogP contribution in [0.15, 0.2) is 12.2 Å². The molecule has 0 aliphatic heterocycles. The number of rotatable bonds is 14. The van der Waals surface area contributed by atoms with Gasteiger partial charge in [-0.2, -0.15) is 0 Å². The largest absolute Gasteiger partial charge is 0.381 e. The van der Waals surface area contributed by atoms with Crippen molar-refractivity contribution >= 4 is 0 Å². The van der Waals surface area contributed by atoms with Gasteiger partial charge in [-0.1, -0.05) is 77.4 Å². The van der Waals surface area contributed by atoms with Crippen molar-refractivity contribution in [2.75, 3.05) is 7.11 Å². The van der Waals surface area contributed by atoms with Crippen LogP contribution < -0.4 is 0 Å². The molecule has 0 bridgehead atoms. The Labute approximate surface area is 121 Å². The highest BCUT2D eigenvalue weighted by molar-refractivity contribution is 4.84. The minimum Gasteiger partial charge on any atom is -0.381 e. The van der Waals surface area contributed by atoms with Gasteiger partial charge in [0.05, 0.1) is 6.10 Å². The second-order valence-electron chi connectivity index (χ2n) is 5.62. The second-order valence-corrected chi connectivity index (χ2v) is 5.62. The summed E-state index contributed by atoms with van der Waals surface area (Å²) in [6.45, 7) is 4.53. The van der Waals surface area contributed by atoms with Crippen LogP contribution in [0.2, 0.25) is 0 Å². The zero-order valence-corrected chi connectivity index (χ0v) is 13.6. The van der Waals surface area contributed by atoms with E-state index in [1.54, 1.807) is 0 Å².